The minimum absolute atomic E-state index is 0.0409. The van der Waals surface area contributed by atoms with E-state index in [9.17, 15) is 4.79 Å². The zero-order valence-electron chi connectivity index (χ0n) is 12.7. The Bertz CT molecular complexity index is 300. The summed E-state index contributed by atoms with van der Waals surface area (Å²) in [5.74, 6) is 0.787. The number of amides is 1. The fourth-order valence-electron chi connectivity index (χ4n) is 3.27. The highest BCUT2D eigenvalue weighted by Gasteiger charge is 2.38. The Morgan fingerprint density at radius 3 is 2.53 bits per heavy atom. The van der Waals surface area contributed by atoms with Crippen LogP contribution in [0.1, 0.15) is 46.5 Å². The third-order valence-electron chi connectivity index (χ3n) is 4.40. The van der Waals surface area contributed by atoms with Crippen LogP contribution in [0.15, 0.2) is 0 Å². The number of rotatable bonds is 6. The summed E-state index contributed by atoms with van der Waals surface area (Å²) in [6, 6.07) is 0.0409. The zero-order chi connectivity index (χ0) is 13.8. The molecule has 2 saturated heterocycles. The van der Waals surface area contributed by atoms with Gasteiger partial charge in [-0.1, -0.05) is 20.8 Å². The molecule has 1 N–H and O–H groups in total. The maximum Gasteiger partial charge on any atom is 0.241 e. The predicted octanol–water partition coefficient (Wildman–Crippen LogP) is 1.66. The summed E-state index contributed by atoms with van der Waals surface area (Å²) >= 11 is 0. The maximum absolute atomic E-state index is 12.3. The molecule has 2 atom stereocenters. The fraction of sp³-hybridized carbons (Fsp3) is 0.933. The van der Waals surface area contributed by atoms with Gasteiger partial charge in [0.1, 0.15) is 0 Å². The second kappa shape index (κ2) is 6.71. The molecule has 0 bridgehead atoms. The molecule has 0 aliphatic carbocycles. The van der Waals surface area contributed by atoms with Gasteiger partial charge in [0, 0.05) is 6.54 Å². The molecule has 0 radical (unpaired) electrons. The van der Waals surface area contributed by atoms with Gasteiger partial charge < -0.3 is 9.80 Å². The van der Waals surface area contributed by atoms with Crippen molar-refractivity contribution in [2.45, 2.75) is 58.7 Å². The average molecular weight is 267 g/mol. The first-order valence-corrected chi connectivity index (χ1v) is 7.92. The van der Waals surface area contributed by atoms with E-state index < -0.39 is 0 Å². The molecule has 4 nitrogen and oxygen atoms in total. The van der Waals surface area contributed by atoms with Gasteiger partial charge in [-0.25, -0.2) is 0 Å². The van der Waals surface area contributed by atoms with Gasteiger partial charge in [-0.3, -0.25) is 10.1 Å². The van der Waals surface area contributed by atoms with Crippen molar-refractivity contribution in [1.82, 2.24) is 15.1 Å². The first-order valence-electron chi connectivity index (χ1n) is 7.92. The van der Waals surface area contributed by atoms with Crippen molar-refractivity contribution in [2.24, 2.45) is 5.92 Å². The van der Waals surface area contributed by atoms with E-state index in [4.69, 9.17) is 0 Å². The molecule has 0 saturated carbocycles. The van der Waals surface area contributed by atoms with Crippen molar-refractivity contribution in [2.75, 3.05) is 26.2 Å². The van der Waals surface area contributed by atoms with Crippen LogP contribution < -0.4 is 5.32 Å². The van der Waals surface area contributed by atoms with Gasteiger partial charge in [0.05, 0.1) is 12.2 Å². The fourth-order valence-corrected chi connectivity index (χ4v) is 3.27. The molecule has 1 amide bonds. The van der Waals surface area contributed by atoms with Crippen molar-refractivity contribution >= 4 is 5.91 Å². The first-order chi connectivity index (χ1) is 9.13. The lowest BCUT2D eigenvalue weighted by Gasteiger charge is -2.28. The quantitative estimate of drug-likeness (QED) is 0.795. The van der Waals surface area contributed by atoms with Gasteiger partial charge in [-0.15, -0.1) is 0 Å². The Labute approximate surface area is 117 Å². The first kappa shape index (κ1) is 14.8. The summed E-state index contributed by atoms with van der Waals surface area (Å²) in [4.78, 5) is 16.9. The standard InChI is InChI=1S/C15H29N3O/c1-4-13-15(19)18(14(16-13)12(2)3)11-7-10-17-8-5-6-9-17/h12-14,16H,4-11H2,1-3H3. The van der Waals surface area contributed by atoms with Crippen LogP contribution in [0.3, 0.4) is 0 Å². The van der Waals surface area contributed by atoms with Crippen LogP contribution in [-0.2, 0) is 4.79 Å². The second-order valence-electron chi connectivity index (χ2n) is 6.25. The molecule has 2 heterocycles. The number of hydrogen-bond donors (Lipinski definition) is 1. The van der Waals surface area contributed by atoms with Crippen LogP contribution in [-0.4, -0.2) is 54.1 Å². The van der Waals surface area contributed by atoms with E-state index in [1.165, 1.54) is 25.9 Å². The second-order valence-corrected chi connectivity index (χ2v) is 6.25. The Hall–Kier alpha value is -0.610. The SMILES string of the molecule is CCC1NC(C(C)C)N(CCCN2CCCC2)C1=O. The van der Waals surface area contributed by atoms with Crippen LogP contribution in [0.4, 0.5) is 0 Å². The monoisotopic (exact) mass is 267 g/mol. The van der Waals surface area contributed by atoms with Crippen LogP contribution in [0, 0.1) is 5.92 Å². The highest BCUT2D eigenvalue weighted by atomic mass is 16.2. The van der Waals surface area contributed by atoms with Gasteiger partial charge in [-0.05, 0) is 51.2 Å². The maximum atomic E-state index is 12.3. The molecule has 0 aromatic rings. The smallest absolute Gasteiger partial charge is 0.241 e. The van der Waals surface area contributed by atoms with Crippen LogP contribution in [0.2, 0.25) is 0 Å². The normalized spacial score (nSPS) is 28.8. The minimum Gasteiger partial charge on any atom is -0.325 e. The van der Waals surface area contributed by atoms with Crippen molar-refractivity contribution in [3.8, 4) is 0 Å². The Morgan fingerprint density at radius 2 is 1.95 bits per heavy atom. The van der Waals surface area contributed by atoms with Gasteiger partial charge in [0.2, 0.25) is 5.91 Å². The third kappa shape index (κ3) is 3.48. The van der Waals surface area contributed by atoms with Crippen molar-refractivity contribution in [3.05, 3.63) is 0 Å². The van der Waals surface area contributed by atoms with Gasteiger partial charge in [0.25, 0.3) is 0 Å². The van der Waals surface area contributed by atoms with Crippen LogP contribution in [0.5, 0.6) is 0 Å². The third-order valence-corrected chi connectivity index (χ3v) is 4.40. The van der Waals surface area contributed by atoms with Gasteiger partial charge in [-0.2, -0.15) is 0 Å². The van der Waals surface area contributed by atoms with E-state index in [2.05, 4.69) is 35.9 Å². The van der Waals surface area contributed by atoms with Crippen molar-refractivity contribution < 1.29 is 4.79 Å². The van der Waals surface area contributed by atoms with E-state index in [1.807, 2.05) is 0 Å². The van der Waals surface area contributed by atoms with E-state index >= 15 is 0 Å². The number of likely N-dealkylation sites (tertiary alicyclic amines) is 1. The summed E-state index contributed by atoms with van der Waals surface area (Å²) in [6.45, 7) is 11.0. The zero-order valence-corrected chi connectivity index (χ0v) is 12.7. The molecule has 0 aromatic heterocycles. The molecule has 4 heteroatoms. The summed E-state index contributed by atoms with van der Waals surface area (Å²) in [5, 5.41) is 3.48. The topological polar surface area (TPSA) is 35.6 Å². The molecule has 2 aliphatic rings. The van der Waals surface area contributed by atoms with E-state index in [1.54, 1.807) is 0 Å². The van der Waals surface area contributed by atoms with Crippen molar-refractivity contribution in [1.29, 1.82) is 0 Å². The highest BCUT2D eigenvalue weighted by Crippen LogP contribution is 2.19. The Kier molecular flexibility index (Phi) is 5.22. The summed E-state index contributed by atoms with van der Waals surface area (Å²) in [6.07, 6.45) is 4.92. The average Bonchev–Trinajstić information content (AvgIpc) is 2.98. The number of nitrogens with zero attached hydrogens (tertiary/aromatic N) is 2. The van der Waals surface area contributed by atoms with Crippen LogP contribution >= 0.6 is 0 Å². The highest BCUT2D eigenvalue weighted by molar-refractivity contribution is 5.84. The van der Waals surface area contributed by atoms with E-state index in [0.717, 1.165) is 25.9 Å². The van der Waals surface area contributed by atoms with Crippen LogP contribution in [0.25, 0.3) is 0 Å². The molecule has 19 heavy (non-hydrogen) atoms. The Morgan fingerprint density at radius 1 is 1.26 bits per heavy atom. The molecular formula is C15H29N3O. The number of hydrogen-bond acceptors (Lipinski definition) is 3. The molecular weight excluding hydrogens is 238 g/mol. The van der Waals surface area contributed by atoms with E-state index in [0.29, 0.717) is 11.8 Å². The number of carbonyl (C=O) groups is 1. The lowest BCUT2D eigenvalue weighted by Crippen LogP contribution is -2.42. The molecule has 2 aliphatic heterocycles. The molecule has 110 valence electrons. The predicted molar refractivity (Wildman–Crippen MR) is 77.8 cm³/mol. The van der Waals surface area contributed by atoms with Crippen molar-refractivity contribution in [3.63, 3.8) is 0 Å². The minimum atomic E-state index is 0.0409. The summed E-state index contributed by atoms with van der Waals surface area (Å²) < 4.78 is 0. The molecule has 2 fully saturated rings. The lowest BCUT2D eigenvalue weighted by molar-refractivity contribution is -0.130. The lowest BCUT2D eigenvalue weighted by atomic mass is 10.1. The summed E-state index contributed by atoms with van der Waals surface area (Å²) in [7, 11) is 0. The number of carbonyl (C=O) groups excluding carboxylic acids is 1. The molecule has 0 aromatic carbocycles. The molecule has 0 spiro atoms. The molecule has 2 rings (SSSR count). The largest absolute Gasteiger partial charge is 0.325 e. The Balaban J connectivity index is 1.83. The van der Waals surface area contributed by atoms with Gasteiger partial charge >= 0.3 is 0 Å². The molecule has 2 unspecified atom stereocenters. The number of nitrogens with one attached hydrogen (secondary N) is 1. The van der Waals surface area contributed by atoms with Gasteiger partial charge in [0.15, 0.2) is 0 Å². The van der Waals surface area contributed by atoms with E-state index in [-0.39, 0.29) is 12.2 Å². The summed E-state index contributed by atoms with van der Waals surface area (Å²) in [5.41, 5.74) is 0.